The molecule has 0 amide bonds. The molecule has 0 spiro atoms. The molecule has 96 valence electrons. The van der Waals surface area contributed by atoms with Gasteiger partial charge in [0.2, 0.25) is 0 Å². The van der Waals surface area contributed by atoms with Crippen LogP contribution in [0.2, 0.25) is 0 Å². The highest BCUT2D eigenvalue weighted by Gasteiger charge is 1.98. The van der Waals surface area contributed by atoms with E-state index in [4.69, 9.17) is 0 Å². The van der Waals surface area contributed by atoms with E-state index in [-0.39, 0.29) is 0 Å². The zero-order valence-electron chi connectivity index (χ0n) is 11.4. The fourth-order valence-corrected chi connectivity index (χ4v) is 1.79. The molecule has 17 heavy (non-hydrogen) atoms. The van der Waals surface area contributed by atoms with E-state index in [0.717, 1.165) is 31.9 Å². The van der Waals surface area contributed by atoms with E-state index < -0.39 is 0 Å². The third-order valence-electron chi connectivity index (χ3n) is 3.00. The second kappa shape index (κ2) is 8.20. The van der Waals surface area contributed by atoms with Gasteiger partial charge in [-0.15, -0.1) is 0 Å². The van der Waals surface area contributed by atoms with Crippen LogP contribution in [0, 0.1) is 6.92 Å². The Balaban J connectivity index is 2.10. The Bertz CT molecular complexity index is 291. The summed E-state index contributed by atoms with van der Waals surface area (Å²) < 4.78 is 0. The lowest BCUT2D eigenvalue weighted by Crippen LogP contribution is -2.27. The van der Waals surface area contributed by atoms with Crippen molar-refractivity contribution < 1.29 is 0 Å². The van der Waals surface area contributed by atoms with Crippen LogP contribution in [0.3, 0.4) is 0 Å². The topological polar surface area (TPSA) is 28.2 Å². The van der Waals surface area contributed by atoms with Gasteiger partial charge >= 0.3 is 0 Å². The molecule has 1 heterocycles. The number of nitrogens with zero attached hydrogens (tertiary/aromatic N) is 2. The SMILES string of the molecule is CCN(CC)CCCNCc1ccc(C)cn1. The van der Waals surface area contributed by atoms with Crippen LogP contribution < -0.4 is 5.32 Å². The molecule has 0 aliphatic rings. The monoisotopic (exact) mass is 235 g/mol. The van der Waals surface area contributed by atoms with E-state index in [9.17, 15) is 0 Å². The molecule has 0 unspecified atom stereocenters. The predicted molar refractivity (Wildman–Crippen MR) is 73.1 cm³/mol. The van der Waals surface area contributed by atoms with Crippen molar-refractivity contribution >= 4 is 0 Å². The van der Waals surface area contributed by atoms with Gasteiger partial charge in [-0.1, -0.05) is 19.9 Å². The third kappa shape index (κ3) is 5.80. The zero-order chi connectivity index (χ0) is 12.5. The van der Waals surface area contributed by atoms with Gasteiger partial charge < -0.3 is 10.2 Å². The number of pyridine rings is 1. The highest BCUT2D eigenvalue weighted by Crippen LogP contribution is 1.98. The van der Waals surface area contributed by atoms with Crippen LogP contribution in [0.4, 0.5) is 0 Å². The van der Waals surface area contributed by atoms with Crippen LogP contribution in [0.1, 0.15) is 31.5 Å². The van der Waals surface area contributed by atoms with Gasteiger partial charge in [-0.05, 0) is 51.2 Å². The van der Waals surface area contributed by atoms with E-state index >= 15 is 0 Å². The second-order valence-corrected chi connectivity index (χ2v) is 4.38. The molecule has 0 saturated heterocycles. The Morgan fingerprint density at radius 1 is 1.24 bits per heavy atom. The maximum absolute atomic E-state index is 4.37. The van der Waals surface area contributed by atoms with Gasteiger partial charge in [0, 0.05) is 12.7 Å². The highest BCUT2D eigenvalue weighted by molar-refractivity contribution is 5.11. The minimum absolute atomic E-state index is 0.874. The average Bonchev–Trinajstić information content (AvgIpc) is 2.36. The molecule has 3 heteroatoms. The summed E-state index contributed by atoms with van der Waals surface area (Å²) in [6.45, 7) is 11.9. The second-order valence-electron chi connectivity index (χ2n) is 4.38. The normalized spacial score (nSPS) is 11.1. The molecule has 0 radical (unpaired) electrons. The summed E-state index contributed by atoms with van der Waals surface area (Å²) >= 11 is 0. The minimum Gasteiger partial charge on any atom is -0.311 e. The van der Waals surface area contributed by atoms with Gasteiger partial charge in [-0.3, -0.25) is 4.98 Å². The molecule has 1 aromatic rings. The molecule has 1 rings (SSSR count). The van der Waals surface area contributed by atoms with Crippen LogP contribution in [0.5, 0.6) is 0 Å². The highest BCUT2D eigenvalue weighted by atomic mass is 15.1. The largest absolute Gasteiger partial charge is 0.311 e. The Morgan fingerprint density at radius 3 is 2.59 bits per heavy atom. The van der Waals surface area contributed by atoms with Crippen molar-refractivity contribution in [2.45, 2.75) is 33.7 Å². The first-order valence-corrected chi connectivity index (χ1v) is 6.60. The van der Waals surface area contributed by atoms with Crippen LogP contribution in [0.15, 0.2) is 18.3 Å². The summed E-state index contributed by atoms with van der Waals surface area (Å²) in [5.74, 6) is 0. The lowest BCUT2D eigenvalue weighted by molar-refractivity contribution is 0.298. The molecule has 0 aliphatic heterocycles. The van der Waals surface area contributed by atoms with Crippen molar-refractivity contribution in [1.29, 1.82) is 0 Å². The molecule has 0 atom stereocenters. The number of aryl methyl sites for hydroxylation is 1. The van der Waals surface area contributed by atoms with E-state index in [0.29, 0.717) is 0 Å². The Kier molecular flexibility index (Phi) is 6.82. The molecular formula is C14H25N3. The summed E-state index contributed by atoms with van der Waals surface area (Å²) in [6.07, 6.45) is 3.13. The van der Waals surface area contributed by atoms with E-state index in [2.05, 4.69) is 48.1 Å². The summed E-state index contributed by atoms with van der Waals surface area (Å²) in [7, 11) is 0. The molecule has 0 aromatic carbocycles. The number of aromatic nitrogens is 1. The molecule has 0 bridgehead atoms. The van der Waals surface area contributed by atoms with Crippen molar-refractivity contribution in [3.63, 3.8) is 0 Å². The van der Waals surface area contributed by atoms with Crippen molar-refractivity contribution in [1.82, 2.24) is 15.2 Å². The molecule has 3 nitrogen and oxygen atoms in total. The van der Waals surface area contributed by atoms with Crippen LogP contribution >= 0.6 is 0 Å². The summed E-state index contributed by atoms with van der Waals surface area (Å²) in [4.78, 5) is 6.82. The summed E-state index contributed by atoms with van der Waals surface area (Å²) in [6, 6.07) is 4.20. The standard InChI is InChI=1S/C14H25N3/c1-4-17(5-2)10-6-9-15-12-14-8-7-13(3)11-16-14/h7-8,11,15H,4-6,9-10,12H2,1-3H3. The van der Waals surface area contributed by atoms with Crippen molar-refractivity contribution in [2.75, 3.05) is 26.2 Å². The first-order valence-electron chi connectivity index (χ1n) is 6.60. The molecular weight excluding hydrogens is 210 g/mol. The van der Waals surface area contributed by atoms with Gasteiger partial charge in [-0.2, -0.15) is 0 Å². The summed E-state index contributed by atoms with van der Waals surface area (Å²) in [5, 5.41) is 3.44. The molecule has 0 saturated carbocycles. The van der Waals surface area contributed by atoms with Gasteiger partial charge in [-0.25, -0.2) is 0 Å². The van der Waals surface area contributed by atoms with Gasteiger partial charge in [0.1, 0.15) is 0 Å². The number of hydrogen-bond donors (Lipinski definition) is 1. The minimum atomic E-state index is 0.874. The van der Waals surface area contributed by atoms with Gasteiger partial charge in [0.15, 0.2) is 0 Å². The number of hydrogen-bond acceptors (Lipinski definition) is 3. The zero-order valence-corrected chi connectivity index (χ0v) is 11.4. The maximum Gasteiger partial charge on any atom is 0.0541 e. The van der Waals surface area contributed by atoms with Crippen molar-refractivity contribution in [2.24, 2.45) is 0 Å². The molecule has 0 fully saturated rings. The van der Waals surface area contributed by atoms with E-state index in [1.54, 1.807) is 0 Å². The van der Waals surface area contributed by atoms with Gasteiger partial charge in [0.05, 0.1) is 5.69 Å². The molecule has 0 aliphatic carbocycles. The van der Waals surface area contributed by atoms with E-state index in [1.807, 2.05) is 6.20 Å². The lowest BCUT2D eigenvalue weighted by atomic mass is 10.3. The van der Waals surface area contributed by atoms with E-state index in [1.165, 1.54) is 18.5 Å². The van der Waals surface area contributed by atoms with Gasteiger partial charge in [0.25, 0.3) is 0 Å². The van der Waals surface area contributed by atoms with Crippen molar-refractivity contribution in [3.8, 4) is 0 Å². The fraction of sp³-hybridized carbons (Fsp3) is 0.643. The quantitative estimate of drug-likeness (QED) is 0.700. The molecule has 1 N–H and O–H groups in total. The van der Waals surface area contributed by atoms with Crippen LogP contribution in [0.25, 0.3) is 0 Å². The Hall–Kier alpha value is -0.930. The maximum atomic E-state index is 4.37. The summed E-state index contributed by atoms with van der Waals surface area (Å²) in [5.41, 5.74) is 2.34. The first-order chi connectivity index (χ1) is 8.26. The van der Waals surface area contributed by atoms with Crippen molar-refractivity contribution in [3.05, 3.63) is 29.6 Å². The lowest BCUT2D eigenvalue weighted by Gasteiger charge is -2.17. The Morgan fingerprint density at radius 2 is 2.00 bits per heavy atom. The van der Waals surface area contributed by atoms with Crippen LogP contribution in [-0.4, -0.2) is 36.1 Å². The average molecular weight is 235 g/mol. The number of nitrogens with one attached hydrogen (secondary N) is 1. The van der Waals surface area contributed by atoms with Crippen LogP contribution in [-0.2, 0) is 6.54 Å². The Labute approximate surface area is 105 Å². The smallest absolute Gasteiger partial charge is 0.0541 e. The predicted octanol–water partition coefficient (Wildman–Crippen LogP) is 2.21. The first kappa shape index (κ1) is 14.1. The number of rotatable bonds is 8. The molecule has 1 aromatic heterocycles. The third-order valence-corrected chi connectivity index (χ3v) is 3.00. The fourth-order valence-electron chi connectivity index (χ4n) is 1.79.